The van der Waals surface area contributed by atoms with Gasteiger partial charge in [0.2, 0.25) is 10.0 Å². The van der Waals surface area contributed by atoms with E-state index in [4.69, 9.17) is 21.1 Å². The van der Waals surface area contributed by atoms with Crippen molar-refractivity contribution in [3.8, 4) is 5.75 Å². The summed E-state index contributed by atoms with van der Waals surface area (Å²) in [5.74, 6) is 0.252. The van der Waals surface area contributed by atoms with Crippen molar-refractivity contribution in [2.75, 3.05) is 20.3 Å². The number of benzene rings is 1. The molecule has 0 radical (unpaired) electrons. The minimum Gasteiger partial charge on any atom is -0.495 e. The lowest BCUT2D eigenvalue weighted by molar-refractivity contribution is 0.0834. The number of hydrogen-bond donors (Lipinski definition) is 1. The molecule has 0 aromatic heterocycles. The maximum Gasteiger partial charge on any atom is 0.244 e. The van der Waals surface area contributed by atoms with Crippen LogP contribution in [-0.4, -0.2) is 34.8 Å². The molecule has 19 heavy (non-hydrogen) atoms. The van der Waals surface area contributed by atoms with Gasteiger partial charge in [0.05, 0.1) is 19.8 Å². The van der Waals surface area contributed by atoms with Gasteiger partial charge < -0.3 is 9.47 Å². The molecule has 0 saturated carbocycles. The van der Waals surface area contributed by atoms with E-state index in [1.54, 1.807) is 6.07 Å². The summed E-state index contributed by atoms with van der Waals surface area (Å²) in [6.07, 6.45) is 0.0604. The van der Waals surface area contributed by atoms with E-state index in [9.17, 15) is 8.42 Å². The predicted molar refractivity (Wildman–Crippen MR) is 74.3 cm³/mol. The van der Waals surface area contributed by atoms with Crippen LogP contribution in [0.15, 0.2) is 23.1 Å². The Balaban J connectivity index is 2.79. The van der Waals surface area contributed by atoms with Crippen molar-refractivity contribution in [1.82, 2.24) is 4.72 Å². The molecule has 0 aliphatic rings. The molecule has 0 amide bonds. The highest BCUT2D eigenvalue weighted by molar-refractivity contribution is 7.89. The fourth-order valence-electron chi connectivity index (χ4n) is 1.41. The molecule has 0 bridgehead atoms. The van der Waals surface area contributed by atoms with Crippen LogP contribution in [0.25, 0.3) is 0 Å². The maximum absolute atomic E-state index is 12.1. The lowest BCUT2D eigenvalue weighted by Crippen LogP contribution is -2.28. The number of halogens is 1. The van der Waals surface area contributed by atoms with E-state index >= 15 is 0 Å². The maximum atomic E-state index is 12.1. The summed E-state index contributed by atoms with van der Waals surface area (Å²) in [5, 5.41) is 0.333. The second-order valence-electron chi connectivity index (χ2n) is 4.11. The second kappa shape index (κ2) is 7.09. The molecule has 5 nitrogen and oxygen atoms in total. The van der Waals surface area contributed by atoms with Gasteiger partial charge in [0.1, 0.15) is 10.6 Å². The van der Waals surface area contributed by atoms with E-state index in [0.717, 1.165) is 0 Å². The van der Waals surface area contributed by atoms with E-state index in [1.807, 2.05) is 13.8 Å². The Bertz CT molecular complexity index is 516. The molecule has 7 heteroatoms. The predicted octanol–water partition coefficient (Wildman–Crippen LogP) is 2.05. The van der Waals surface area contributed by atoms with Crippen LogP contribution in [0.3, 0.4) is 0 Å². The SMILES string of the molecule is COc1ccc(Cl)cc1S(=O)(=O)NCCOC(C)C. The molecule has 0 aliphatic carbocycles. The Morgan fingerprint density at radius 3 is 2.63 bits per heavy atom. The van der Waals surface area contributed by atoms with Gasteiger partial charge in [-0.25, -0.2) is 13.1 Å². The first-order valence-corrected chi connectivity index (χ1v) is 7.67. The molecule has 0 saturated heterocycles. The van der Waals surface area contributed by atoms with Crippen LogP contribution in [-0.2, 0) is 14.8 Å². The van der Waals surface area contributed by atoms with E-state index in [1.165, 1.54) is 19.2 Å². The summed E-state index contributed by atoms with van der Waals surface area (Å²) in [6.45, 7) is 4.26. The lowest BCUT2D eigenvalue weighted by Gasteiger charge is -2.12. The number of rotatable bonds is 7. The third kappa shape index (κ3) is 4.99. The smallest absolute Gasteiger partial charge is 0.244 e. The number of methoxy groups -OCH3 is 1. The lowest BCUT2D eigenvalue weighted by atomic mass is 10.3. The van der Waals surface area contributed by atoms with E-state index < -0.39 is 10.0 Å². The molecule has 1 aromatic rings. The van der Waals surface area contributed by atoms with Gasteiger partial charge in [0.15, 0.2) is 0 Å². The fourth-order valence-corrected chi connectivity index (χ4v) is 2.85. The Morgan fingerprint density at radius 1 is 1.37 bits per heavy atom. The highest BCUT2D eigenvalue weighted by Gasteiger charge is 2.19. The van der Waals surface area contributed by atoms with Gasteiger partial charge in [-0.2, -0.15) is 0 Å². The van der Waals surface area contributed by atoms with Crippen LogP contribution in [0.5, 0.6) is 5.75 Å². The van der Waals surface area contributed by atoms with E-state index in [0.29, 0.717) is 11.6 Å². The summed E-state index contributed by atoms with van der Waals surface area (Å²) in [4.78, 5) is 0.0204. The zero-order valence-electron chi connectivity index (χ0n) is 11.1. The molecule has 0 atom stereocenters. The Morgan fingerprint density at radius 2 is 2.05 bits per heavy atom. The van der Waals surface area contributed by atoms with Gasteiger partial charge in [-0.05, 0) is 32.0 Å². The normalized spacial score (nSPS) is 11.8. The molecule has 1 N–H and O–H groups in total. The van der Waals surface area contributed by atoms with Crippen molar-refractivity contribution in [3.05, 3.63) is 23.2 Å². The number of hydrogen-bond acceptors (Lipinski definition) is 4. The molecule has 108 valence electrons. The largest absolute Gasteiger partial charge is 0.495 e. The van der Waals surface area contributed by atoms with Gasteiger partial charge in [-0.3, -0.25) is 0 Å². The average Bonchev–Trinajstić information content (AvgIpc) is 2.34. The molecular formula is C12H18ClNO4S. The van der Waals surface area contributed by atoms with Gasteiger partial charge in [0.25, 0.3) is 0 Å². The summed E-state index contributed by atoms with van der Waals surface area (Å²) in [6, 6.07) is 4.44. The molecule has 0 unspecified atom stereocenters. The second-order valence-corrected chi connectivity index (χ2v) is 6.28. The average molecular weight is 308 g/mol. The van der Waals surface area contributed by atoms with Crippen molar-refractivity contribution in [2.45, 2.75) is 24.8 Å². The quantitative estimate of drug-likeness (QED) is 0.783. The minimum absolute atomic E-state index is 0.0204. The van der Waals surface area contributed by atoms with Crippen molar-refractivity contribution >= 4 is 21.6 Å². The van der Waals surface area contributed by atoms with Crippen molar-refractivity contribution < 1.29 is 17.9 Å². The summed E-state index contributed by atoms with van der Waals surface area (Å²) >= 11 is 5.81. The number of ether oxygens (including phenoxy) is 2. The minimum atomic E-state index is -3.66. The third-order valence-electron chi connectivity index (χ3n) is 2.26. The standard InChI is InChI=1S/C12H18ClNO4S/c1-9(2)18-7-6-14-19(15,16)12-8-10(13)4-5-11(12)17-3/h4-5,8-9,14H,6-7H2,1-3H3. The molecule has 0 heterocycles. The van der Waals surface area contributed by atoms with Gasteiger partial charge in [-0.1, -0.05) is 11.6 Å². The first-order chi connectivity index (χ1) is 8.86. The van der Waals surface area contributed by atoms with E-state index in [2.05, 4.69) is 4.72 Å². The monoisotopic (exact) mass is 307 g/mol. The zero-order chi connectivity index (χ0) is 14.5. The van der Waals surface area contributed by atoms with Crippen molar-refractivity contribution in [3.63, 3.8) is 0 Å². The van der Waals surface area contributed by atoms with Crippen molar-refractivity contribution in [1.29, 1.82) is 0 Å². The van der Waals surface area contributed by atoms with Crippen LogP contribution in [0, 0.1) is 0 Å². The van der Waals surface area contributed by atoms with Crippen LogP contribution in [0.1, 0.15) is 13.8 Å². The van der Waals surface area contributed by atoms with Gasteiger partial charge in [0, 0.05) is 11.6 Å². The van der Waals surface area contributed by atoms with Crippen LogP contribution >= 0.6 is 11.6 Å². The van der Waals surface area contributed by atoms with Crippen LogP contribution in [0.2, 0.25) is 5.02 Å². The van der Waals surface area contributed by atoms with Gasteiger partial charge in [-0.15, -0.1) is 0 Å². The van der Waals surface area contributed by atoms with E-state index in [-0.39, 0.29) is 23.3 Å². The zero-order valence-corrected chi connectivity index (χ0v) is 12.7. The first kappa shape index (κ1) is 16.2. The molecule has 0 aliphatic heterocycles. The topological polar surface area (TPSA) is 64.6 Å². The number of nitrogens with one attached hydrogen (secondary N) is 1. The molecule has 1 rings (SSSR count). The highest BCUT2D eigenvalue weighted by atomic mass is 35.5. The van der Waals surface area contributed by atoms with Gasteiger partial charge >= 0.3 is 0 Å². The molecule has 1 aromatic carbocycles. The van der Waals surface area contributed by atoms with Crippen LogP contribution < -0.4 is 9.46 Å². The third-order valence-corrected chi connectivity index (χ3v) is 3.98. The van der Waals surface area contributed by atoms with Crippen LogP contribution in [0.4, 0.5) is 0 Å². The molecule has 0 fully saturated rings. The summed E-state index contributed by atoms with van der Waals surface area (Å²) < 4.78 is 36.9. The molecular weight excluding hydrogens is 290 g/mol. The summed E-state index contributed by atoms with van der Waals surface area (Å²) in [5.41, 5.74) is 0. The Kier molecular flexibility index (Phi) is 6.06. The Labute approximate surface area is 118 Å². The highest BCUT2D eigenvalue weighted by Crippen LogP contribution is 2.26. The fraction of sp³-hybridized carbons (Fsp3) is 0.500. The van der Waals surface area contributed by atoms with Crippen molar-refractivity contribution in [2.24, 2.45) is 0 Å². The number of sulfonamides is 1. The first-order valence-electron chi connectivity index (χ1n) is 5.81. The Hall–Kier alpha value is -0.820. The molecule has 0 spiro atoms. The summed E-state index contributed by atoms with van der Waals surface area (Å²) in [7, 11) is -2.26.